The fraction of sp³-hybridized carbons (Fsp3) is 0.200. The third kappa shape index (κ3) is 3.30. The molecule has 0 atom stereocenters. The maximum atomic E-state index is 11.2. The zero-order valence-corrected chi connectivity index (χ0v) is 9.65. The fourth-order valence-corrected chi connectivity index (χ4v) is 1.22. The lowest BCUT2D eigenvalue weighted by Gasteiger charge is -2.04. The third-order valence-electron chi connectivity index (χ3n) is 1.59. The van der Waals surface area contributed by atoms with Crippen molar-refractivity contribution in [2.24, 2.45) is 0 Å². The molecule has 0 spiro atoms. The average Bonchev–Trinajstić information content (AvgIpc) is 2.14. The fourth-order valence-electron chi connectivity index (χ4n) is 0.836. The van der Waals surface area contributed by atoms with Gasteiger partial charge in [0.1, 0.15) is 0 Å². The summed E-state index contributed by atoms with van der Waals surface area (Å²) in [6.45, 7) is 0. The smallest absolute Gasteiger partial charge is 0.246 e. The summed E-state index contributed by atoms with van der Waals surface area (Å²) in [6, 6.07) is 1.90. The minimum absolute atomic E-state index is 0.0371. The van der Waals surface area contributed by atoms with Gasteiger partial charge in [-0.05, 0) is 33.6 Å². The molecule has 1 aromatic heterocycles. The molecule has 74 valence electrons. The van der Waals surface area contributed by atoms with Crippen LogP contribution in [-0.2, 0) is 4.79 Å². The molecule has 0 unspecified atom stereocenters. The quantitative estimate of drug-likeness (QED) is 0.757. The van der Waals surface area contributed by atoms with Gasteiger partial charge in [0.2, 0.25) is 5.91 Å². The molecule has 0 bridgehead atoms. The van der Waals surface area contributed by atoms with Crippen LogP contribution in [0, 0.1) is 0 Å². The van der Waals surface area contributed by atoms with Gasteiger partial charge in [-0.2, -0.15) is 0 Å². The molecule has 1 aromatic rings. The van der Waals surface area contributed by atoms with Gasteiger partial charge in [0.15, 0.2) is 0 Å². The Morgan fingerprint density at radius 1 is 1.50 bits per heavy atom. The number of carbonyl (C=O) groups is 1. The van der Waals surface area contributed by atoms with Gasteiger partial charge in [0.25, 0.3) is 0 Å². The average molecular weight is 255 g/mol. The third-order valence-corrected chi connectivity index (χ3v) is 2.02. The molecule has 0 saturated heterocycles. The van der Waals surface area contributed by atoms with Crippen LogP contribution in [0.1, 0.15) is 5.56 Å². The van der Waals surface area contributed by atoms with E-state index in [0.29, 0.717) is 0 Å². The van der Waals surface area contributed by atoms with E-state index in [1.807, 2.05) is 6.07 Å². The molecule has 0 aromatic carbocycles. The highest BCUT2D eigenvalue weighted by Crippen LogP contribution is 2.10. The molecular weight excluding hydrogens is 244 g/mol. The topological polar surface area (TPSA) is 33.2 Å². The van der Waals surface area contributed by atoms with Gasteiger partial charge in [-0.1, -0.05) is 0 Å². The van der Waals surface area contributed by atoms with E-state index in [1.165, 1.54) is 11.0 Å². The number of carbonyl (C=O) groups excluding carboxylic acids is 1. The Morgan fingerprint density at radius 3 is 2.79 bits per heavy atom. The number of nitrogens with zero attached hydrogens (tertiary/aromatic N) is 2. The molecule has 3 nitrogen and oxygen atoms in total. The maximum absolute atomic E-state index is 11.2. The van der Waals surface area contributed by atoms with E-state index in [9.17, 15) is 4.79 Å². The Morgan fingerprint density at radius 2 is 2.21 bits per heavy atom. The van der Waals surface area contributed by atoms with Crippen molar-refractivity contribution in [1.82, 2.24) is 9.88 Å². The normalized spacial score (nSPS) is 10.5. The van der Waals surface area contributed by atoms with Crippen LogP contribution in [0.2, 0.25) is 0 Å². The highest BCUT2D eigenvalue weighted by Gasteiger charge is 1.96. The number of hydrogen-bond donors (Lipinski definition) is 0. The number of amides is 1. The van der Waals surface area contributed by atoms with E-state index >= 15 is 0 Å². The number of pyridine rings is 1. The van der Waals surface area contributed by atoms with Crippen LogP contribution < -0.4 is 0 Å². The molecule has 4 heteroatoms. The zero-order valence-electron chi connectivity index (χ0n) is 8.07. The van der Waals surface area contributed by atoms with Gasteiger partial charge in [0, 0.05) is 37.0 Å². The summed E-state index contributed by atoms with van der Waals surface area (Å²) in [6.07, 6.45) is 6.65. The van der Waals surface area contributed by atoms with Crippen LogP contribution >= 0.6 is 15.9 Å². The van der Waals surface area contributed by atoms with Crippen LogP contribution in [0.4, 0.5) is 0 Å². The minimum Gasteiger partial charge on any atom is -0.345 e. The monoisotopic (exact) mass is 254 g/mol. The lowest BCUT2D eigenvalue weighted by Crippen LogP contribution is -2.18. The summed E-state index contributed by atoms with van der Waals surface area (Å²) in [5.74, 6) is -0.0371. The molecule has 0 radical (unpaired) electrons. The summed E-state index contributed by atoms with van der Waals surface area (Å²) in [4.78, 5) is 16.7. The van der Waals surface area contributed by atoms with Gasteiger partial charge in [-0.25, -0.2) is 0 Å². The Labute approximate surface area is 91.6 Å². The Balaban J connectivity index is 2.74. The van der Waals surface area contributed by atoms with E-state index in [0.717, 1.165) is 10.0 Å². The SMILES string of the molecule is CN(C)C(=O)C=Cc1cncc(Br)c1. The van der Waals surface area contributed by atoms with Crippen LogP contribution in [0.5, 0.6) is 0 Å². The van der Waals surface area contributed by atoms with Crippen molar-refractivity contribution in [3.8, 4) is 0 Å². The summed E-state index contributed by atoms with van der Waals surface area (Å²) >= 11 is 3.31. The highest BCUT2D eigenvalue weighted by atomic mass is 79.9. The summed E-state index contributed by atoms with van der Waals surface area (Å²) in [5.41, 5.74) is 0.898. The molecule has 1 heterocycles. The number of rotatable bonds is 2. The van der Waals surface area contributed by atoms with Crippen molar-refractivity contribution in [3.05, 3.63) is 34.6 Å². The lowest BCUT2D eigenvalue weighted by atomic mass is 10.2. The first-order valence-corrected chi connectivity index (χ1v) is 4.89. The second kappa shape index (κ2) is 4.91. The first-order chi connectivity index (χ1) is 6.59. The van der Waals surface area contributed by atoms with Gasteiger partial charge in [-0.3, -0.25) is 9.78 Å². The number of halogens is 1. The first kappa shape index (κ1) is 10.9. The van der Waals surface area contributed by atoms with E-state index in [2.05, 4.69) is 20.9 Å². The van der Waals surface area contributed by atoms with Crippen LogP contribution in [0.3, 0.4) is 0 Å². The Bertz CT molecular complexity index is 361. The second-order valence-corrected chi connectivity index (χ2v) is 3.92. The highest BCUT2D eigenvalue weighted by molar-refractivity contribution is 9.10. The lowest BCUT2D eigenvalue weighted by molar-refractivity contribution is -0.123. The summed E-state index contributed by atoms with van der Waals surface area (Å²) in [5, 5.41) is 0. The van der Waals surface area contributed by atoms with Crippen LogP contribution in [-0.4, -0.2) is 29.9 Å². The molecule has 0 fully saturated rings. The van der Waals surface area contributed by atoms with E-state index in [-0.39, 0.29) is 5.91 Å². The molecule has 0 aliphatic carbocycles. The van der Waals surface area contributed by atoms with Crippen molar-refractivity contribution >= 4 is 27.9 Å². The molecule has 0 aliphatic heterocycles. The van der Waals surface area contributed by atoms with Gasteiger partial charge in [-0.15, -0.1) is 0 Å². The Kier molecular flexibility index (Phi) is 3.83. The number of likely N-dealkylation sites (N-methyl/N-ethyl adjacent to an activating group) is 1. The number of hydrogen-bond acceptors (Lipinski definition) is 2. The summed E-state index contributed by atoms with van der Waals surface area (Å²) < 4.78 is 0.900. The molecule has 1 amide bonds. The number of aromatic nitrogens is 1. The van der Waals surface area contributed by atoms with Crippen molar-refractivity contribution in [2.75, 3.05) is 14.1 Å². The van der Waals surface area contributed by atoms with Crippen molar-refractivity contribution in [3.63, 3.8) is 0 Å². The van der Waals surface area contributed by atoms with Gasteiger partial charge in [0.05, 0.1) is 0 Å². The van der Waals surface area contributed by atoms with Crippen molar-refractivity contribution in [1.29, 1.82) is 0 Å². The second-order valence-electron chi connectivity index (χ2n) is 3.00. The summed E-state index contributed by atoms with van der Waals surface area (Å²) in [7, 11) is 3.43. The molecule has 0 N–H and O–H groups in total. The van der Waals surface area contributed by atoms with Crippen LogP contribution in [0.25, 0.3) is 6.08 Å². The predicted molar refractivity (Wildman–Crippen MR) is 59.7 cm³/mol. The van der Waals surface area contributed by atoms with E-state index in [1.54, 1.807) is 32.6 Å². The molecule has 0 saturated carbocycles. The maximum Gasteiger partial charge on any atom is 0.246 e. The molecular formula is C10H11BrN2O. The molecule has 14 heavy (non-hydrogen) atoms. The van der Waals surface area contributed by atoms with Gasteiger partial charge >= 0.3 is 0 Å². The zero-order chi connectivity index (χ0) is 10.6. The van der Waals surface area contributed by atoms with Crippen LogP contribution in [0.15, 0.2) is 29.0 Å². The Hall–Kier alpha value is -1.16. The van der Waals surface area contributed by atoms with Crippen molar-refractivity contribution < 1.29 is 4.79 Å². The molecule has 0 aliphatic rings. The standard InChI is InChI=1S/C10H11BrN2O/c1-13(2)10(14)4-3-8-5-9(11)7-12-6-8/h3-7H,1-2H3. The first-order valence-electron chi connectivity index (χ1n) is 4.09. The van der Waals surface area contributed by atoms with Gasteiger partial charge < -0.3 is 4.90 Å². The predicted octanol–water partition coefficient (Wildman–Crippen LogP) is 1.95. The molecule has 1 rings (SSSR count). The largest absolute Gasteiger partial charge is 0.345 e. The van der Waals surface area contributed by atoms with E-state index in [4.69, 9.17) is 0 Å². The van der Waals surface area contributed by atoms with E-state index < -0.39 is 0 Å². The minimum atomic E-state index is -0.0371. The van der Waals surface area contributed by atoms with Crippen molar-refractivity contribution in [2.45, 2.75) is 0 Å².